The largest absolute Gasteiger partial charge is 0.505 e. The zero-order valence-corrected chi connectivity index (χ0v) is 13.0. The van der Waals surface area contributed by atoms with E-state index in [0.29, 0.717) is 12.0 Å². The second-order valence-corrected chi connectivity index (χ2v) is 5.82. The Bertz CT molecular complexity index is 627. The molecule has 1 fully saturated rings. The van der Waals surface area contributed by atoms with Crippen molar-refractivity contribution in [1.82, 2.24) is 20.1 Å². The van der Waals surface area contributed by atoms with Crippen molar-refractivity contribution >= 4 is 12.0 Å². The number of piperazine rings is 1. The van der Waals surface area contributed by atoms with E-state index in [1.807, 2.05) is 13.8 Å². The highest BCUT2D eigenvalue weighted by Gasteiger charge is 2.28. The molecule has 8 heteroatoms. The van der Waals surface area contributed by atoms with Crippen LogP contribution in [-0.4, -0.2) is 50.9 Å². The first-order valence-electron chi connectivity index (χ1n) is 7.41. The Morgan fingerprint density at radius 3 is 2.59 bits per heavy atom. The van der Waals surface area contributed by atoms with Gasteiger partial charge < -0.3 is 19.4 Å². The van der Waals surface area contributed by atoms with Crippen molar-refractivity contribution in [3.8, 4) is 5.75 Å². The number of nitrogens with zero attached hydrogens (tertiary/aromatic N) is 6. The highest BCUT2D eigenvalue weighted by molar-refractivity contribution is 5.38. The normalized spacial score (nSPS) is 19.0. The monoisotopic (exact) mass is 304 g/mol. The predicted molar refractivity (Wildman–Crippen MR) is 81.1 cm³/mol. The van der Waals surface area contributed by atoms with Crippen LogP contribution in [0.5, 0.6) is 5.75 Å². The maximum Gasteiger partial charge on any atom is 0.324 e. The molecule has 3 heterocycles. The van der Waals surface area contributed by atoms with Crippen molar-refractivity contribution in [2.24, 2.45) is 0 Å². The van der Waals surface area contributed by atoms with Crippen molar-refractivity contribution in [3.63, 3.8) is 0 Å². The minimum absolute atomic E-state index is 0.0714. The molecule has 0 radical (unpaired) electrons. The van der Waals surface area contributed by atoms with Crippen LogP contribution in [0.25, 0.3) is 0 Å². The van der Waals surface area contributed by atoms with Crippen LogP contribution in [-0.2, 0) is 0 Å². The summed E-state index contributed by atoms with van der Waals surface area (Å²) in [4.78, 5) is 17.0. The van der Waals surface area contributed by atoms with Crippen molar-refractivity contribution in [2.45, 2.75) is 32.7 Å². The van der Waals surface area contributed by atoms with Crippen LogP contribution < -0.4 is 9.80 Å². The van der Waals surface area contributed by atoms with Gasteiger partial charge in [-0.15, -0.1) is 0 Å². The summed E-state index contributed by atoms with van der Waals surface area (Å²) in [5, 5.41) is 13.3. The van der Waals surface area contributed by atoms with Crippen LogP contribution in [0.15, 0.2) is 16.9 Å². The van der Waals surface area contributed by atoms with Gasteiger partial charge in [0.1, 0.15) is 0 Å². The Morgan fingerprint density at radius 2 is 2.00 bits per heavy atom. The Hall–Kier alpha value is -2.38. The second-order valence-electron chi connectivity index (χ2n) is 5.82. The molecule has 2 aromatic heterocycles. The molecule has 1 N–H and O–H groups in total. The van der Waals surface area contributed by atoms with Gasteiger partial charge in [-0.2, -0.15) is 4.98 Å². The van der Waals surface area contributed by atoms with Crippen molar-refractivity contribution in [3.05, 3.63) is 18.2 Å². The van der Waals surface area contributed by atoms with Crippen molar-refractivity contribution in [2.75, 3.05) is 29.4 Å². The molecule has 0 unspecified atom stereocenters. The summed E-state index contributed by atoms with van der Waals surface area (Å²) in [6, 6.07) is 0.773. The molecule has 118 valence electrons. The fraction of sp³-hybridized carbons (Fsp3) is 0.571. The van der Waals surface area contributed by atoms with Gasteiger partial charge in [0.25, 0.3) is 0 Å². The van der Waals surface area contributed by atoms with Crippen LogP contribution in [0.1, 0.15) is 32.5 Å². The lowest BCUT2D eigenvalue weighted by atomic mass is 10.2. The Labute approximate surface area is 128 Å². The summed E-state index contributed by atoms with van der Waals surface area (Å²) in [7, 11) is 0. The van der Waals surface area contributed by atoms with Gasteiger partial charge in [-0.05, 0) is 6.92 Å². The molecule has 0 bridgehead atoms. The topological polar surface area (TPSA) is 91.4 Å². The fourth-order valence-electron chi connectivity index (χ4n) is 2.48. The van der Waals surface area contributed by atoms with E-state index in [1.165, 1.54) is 12.4 Å². The molecule has 0 amide bonds. The van der Waals surface area contributed by atoms with Gasteiger partial charge in [0.05, 0.1) is 12.4 Å². The molecule has 0 aromatic carbocycles. The number of hydrogen-bond donors (Lipinski definition) is 1. The van der Waals surface area contributed by atoms with E-state index < -0.39 is 0 Å². The lowest BCUT2D eigenvalue weighted by molar-refractivity contribution is 0.392. The average molecular weight is 304 g/mol. The molecule has 1 atom stereocenters. The molecule has 1 saturated heterocycles. The van der Waals surface area contributed by atoms with Crippen molar-refractivity contribution < 1.29 is 9.63 Å². The standard InChI is InChI=1S/C14H20N6O2/c1-9(2)12-17-14(22-18-12)19-4-5-20(10(3)8-19)13-15-6-11(21)7-16-13/h6-7,9-10,21H,4-5,8H2,1-3H3/t10-/m1/s1. The quantitative estimate of drug-likeness (QED) is 0.910. The Morgan fingerprint density at radius 1 is 1.27 bits per heavy atom. The van der Waals surface area contributed by atoms with Crippen LogP contribution in [0.4, 0.5) is 12.0 Å². The van der Waals surface area contributed by atoms with E-state index in [4.69, 9.17) is 4.52 Å². The van der Waals surface area contributed by atoms with E-state index in [0.717, 1.165) is 25.5 Å². The molecule has 2 aromatic rings. The van der Waals surface area contributed by atoms with E-state index in [2.05, 4.69) is 36.8 Å². The van der Waals surface area contributed by atoms with Crippen molar-refractivity contribution in [1.29, 1.82) is 0 Å². The molecule has 1 aliphatic heterocycles. The lowest BCUT2D eigenvalue weighted by Gasteiger charge is -2.38. The minimum Gasteiger partial charge on any atom is -0.505 e. The third-order valence-corrected chi connectivity index (χ3v) is 3.73. The average Bonchev–Trinajstić information content (AvgIpc) is 2.98. The first kappa shape index (κ1) is 14.6. The minimum atomic E-state index is 0.0714. The van der Waals surface area contributed by atoms with Gasteiger partial charge in [-0.25, -0.2) is 9.97 Å². The maximum absolute atomic E-state index is 9.28. The summed E-state index contributed by atoms with van der Waals surface area (Å²) in [5.41, 5.74) is 0. The second kappa shape index (κ2) is 5.78. The molecule has 0 saturated carbocycles. The first-order chi connectivity index (χ1) is 10.5. The predicted octanol–water partition coefficient (Wildman–Crippen LogP) is 1.40. The SMILES string of the molecule is CC(C)c1noc(N2CCN(c3ncc(O)cn3)[C@H](C)C2)n1. The number of aromatic hydroxyl groups is 1. The molecule has 1 aliphatic rings. The number of aromatic nitrogens is 4. The van der Waals surface area contributed by atoms with E-state index in [9.17, 15) is 5.11 Å². The summed E-state index contributed by atoms with van der Waals surface area (Å²) in [6.45, 7) is 8.44. The molecule has 8 nitrogen and oxygen atoms in total. The van der Waals surface area contributed by atoms with Gasteiger partial charge in [0.15, 0.2) is 11.6 Å². The van der Waals surface area contributed by atoms with Crippen LogP contribution >= 0.6 is 0 Å². The van der Waals surface area contributed by atoms with E-state index in [1.54, 1.807) is 0 Å². The van der Waals surface area contributed by atoms with E-state index >= 15 is 0 Å². The van der Waals surface area contributed by atoms with Gasteiger partial charge in [0, 0.05) is 31.6 Å². The molecular formula is C14H20N6O2. The molecular weight excluding hydrogens is 284 g/mol. The van der Waals surface area contributed by atoms with Gasteiger partial charge in [-0.3, -0.25) is 0 Å². The number of anilines is 2. The first-order valence-corrected chi connectivity index (χ1v) is 7.41. The van der Waals surface area contributed by atoms with Gasteiger partial charge in [0.2, 0.25) is 5.95 Å². The summed E-state index contributed by atoms with van der Waals surface area (Å²) >= 11 is 0. The summed E-state index contributed by atoms with van der Waals surface area (Å²) in [5.74, 6) is 1.68. The number of hydrogen-bond acceptors (Lipinski definition) is 8. The Kier molecular flexibility index (Phi) is 3.82. The van der Waals surface area contributed by atoms with Gasteiger partial charge in [-0.1, -0.05) is 19.0 Å². The fourth-order valence-corrected chi connectivity index (χ4v) is 2.48. The highest BCUT2D eigenvalue weighted by Crippen LogP contribution is 2.22. The smallest absolute Gasteiger partial charge is 0.324 e. The number of rotatable bonds is 3. The molecule has 3 rings (SSSR count). The maximum atomic E-state index is 9.28. The third-order valence-electron chi connectivity index (χ3n) is 3.73. The zero-order chi connectivity index (χ0) is 15.7. The van der Waals surface area contributed by atoms with E-state index in [-0.39, 0.29) is 17.7 Å². The summed E-state index contributed by atoms with van der Waals surface area (Å²) < 4.78 is 5.35. The van der Waals surface area contributed by atoms with Crippen LogP contribution in [0.2, 0.25) is 0 Å². The molecule has 22 heavy (non-hydrogen) atoms. The van der Waals surface area contributed by atoms with Crippen LogP contribution in [0.3, 0.4) is 0 Å². The summed E-state index contributed by atoms with van der Waals surface area (Å²) in [6.07, 6.45) is 2.82. The highest BCUT2D eigenvalue weighted by atomic mass is 16.5. The van der Waals surface area contributed by atoms with Crippen LogP contribution in [0, 0.1) is 0 Å². The van der Waals surface area contributed by atoms with Gasteiger partial charge >= 0.3 is 6.01 Å². The third kappa shape index (κ3) is 2.81. The molecule has 0 aliphatic carbocycles. The molecule has 0 spiro atoms. The zero-order valence-electron chi connectivity index (χ0n) is 13.0. The Balaban J connectivity index is 1.70. The lowest BCUT2D eigenvalue weighted by Crippen LogP contribution is -2.52.